The van der Waals surface area contributed by atoms with E-state index in [0.717, 1.165) is 18.5 Å². The van der Waals surface area contributed by atoms with Crippen LogP contribution in [0.2, 0.25) is 0 Å². The zero-order valence-electron chi connectivity index (χ0n) is 14.5. The molecule has 1 aliphatic carbocycles. The van der Waals surface area contributed by atoms with E-state index in [0.29, 0.717) is 11.3 Å². The molecule has 2 amide bonds. The minimum absolute atomic E-state index is 0.0334. The summed E-state index contributed by atoms with van der Waals surface area (Å²) in [6, 6.07) is 12.6. The van der Waals surface area contributed by atoms with Crippen molar-refractivity contribution in [3.05, 3.63) is 59.9 Å². The third-order valence-corrected chi connectivity index (χ3v) is 4.30. The third-order valence-electron chi connectivity index (χ3n) is 4.30. The zero-order valence-corrected chi connectivity index (χ0v) is 14.5. The molecule has 0 bridgehead atoms. The molecule has 1 fully saturated rings. The van der Waals surface area contributed by atoms with Gasteiger partial charge in [0, 0.05) is 23.4 Å². The van der Waals surface area contributed by atoms with Crippen molar-refractivity contribution < 1.29 is 9.59 Å². The van der Waals surface area contributed by atoms with Crippen molar-refractivity contribution in [3.8, 4) is 0 Å². The summed E-state index contributed by atoms with van der Waals surface area (Å²) in [5, 5.41) is 5.93. The summed E-state index contributed by atoms with van der Waals surface area (Å²) in [5.41, 5.74) is 2.02. The molecule has 25 heavy (non-hydrogen) atoms. The molecule has 1 unspecified atom stereocenters. The predicted molar refractivity (Wildman–Crippen MR) is 97.1 cm³/mol. The molecule has 1 heterocycles. The molecule has 1 atom stereocenters. The van der Waals surface area contributed by atoms with Gasteiger partial charge >= 0.3 is 0 Å². The second-order valence-corrected chi connectivity index (χ2v) is 6.79. The molecule has 5 nitrogen and oxygen atoms in total. The first-order valence-electron chi connectivity index (χ1n) is 8.67. The summed E-state index contributed by atoms with van der Waals surface area (Å²) in [6.07, 6.45) is 3.63. The number of aromatic nitrogens is 1. The highest BCUT2D eigenvalue weighted by Gasteiger charge is 2.29. The van der Waals surface area contributed by atoms with Crippen LogP contribution in [0.3, 0.4) is 0 Å². The fraction of sp³-hybridized carbons (Fsp3) is 0.350. The average molecular weight is 337 g/mol. The zero-order chi connectivity index (χ0) is 17.8. The minimum atomic E-state index is -0.174. The van der Waals surface area contributed by atoms with Crippen molar-refractivity contribution in [2.45, 2.75) is 32.7 Å². The van der Waals surface area contributed by atoms with Crippen molar-refractivity contribution in [3.63, 3.8) is 0 Å². The molecule has 2 N–H and O–H groups in total. The van der Waals surface area contributed by atoms with E-state index in [2.05, 4.69) is 15.6 Å². The number of benzene rings is 1. The highest BCUT2D eigenvalue weighted by Crippen LogP contribution is 2.30. The van der Waals surface area contributed by atoms with Crippen LogP contribution in [-0.2, 0) is 4.79 Å². The average Bonchev–Trinajstić information content (AvgIpc) is 3.45. The Kier molecular flexibility index (Phi) is 5.12. The Bertz CT molecular complexity index is 755. The van der Waals surface area contributed by atoms with Gasteiger partial charge in [-0.25, -0.2) is 0 Å². The fourth-order valence-electron chi connectivity index (χ4n) is 2.69. The number of pyridine rings is 1. The number of nitrogens with one attached hydrogen (secondary N) is 2. The first kappa shape index (κ1) is 17.1. The van der Waals surface area contributed by atoms with Crippen molar-refractivity contribution in [1.29, 1.82) is 0 Å². The van der Waals surface area contributed by atoms with Crippen LogP contribution in [0.1, 0.15) is 48.8 Å². The van der Waals surface area contributed by atoms with Gasteiger partial charge in [0.2, 0.25) is 5.91 Å². The number of hydrogen-bond acceptors (Lipinski definition) is 3. The van der Waals surface area contributed by atoms with Crippen LogP contribution in [-0.4, -0.2) is 16.8 Å². The lowest BCUT2D eigenvalue weighted by Crippen LogP contribution is -2.32. The molecule has 130 valence electrons. The maximum atomic E-state index is 12.7. The smallest absolute Gasteiger partial charge is 0.251 e. The van der Waals surface area contributed by atoms with E-state index in [1.165, 1.54) is 0 Å². The van der Waals surface area contributed by atoms with Gasteiger partial charge in [-0.2, -0.15) is 0 Å². The highest BCUT2D eigenvalue weighted by molar-refractivity contribution is 5.98. The van der Waals surface area contributed by atoms with Crippen molar-refractivity contribution in [1.82, 2.24) is 10.3 Å². The van der Waals surface area contributed by atoms with Gasteiger partial charge in [-0.05, 0) is 49.1 Å². The third kappa shape index (κ3) is 4.44. The first-order valence-corrected chi connectivity index (χ1v) is 8.67. The Hall–Kier alpha value is -2.69. The summed E-state index contributed by atoms with van der Waals surface area (Å²) in [5.74, 6) is 0.196. The topological polar surface area (TPSA) is 71.1 Å². The number of nitrogens with zero attached hydrogens (tertiary/aromatic N) is 1. The normalized spacial score (nSPS) is 14.8. The Labute approximate surface area is 147 Å². The number of amides is 2. The number of carbonyl (C=O) groups is 2. The maximum Gasteiger partial charge on any atom is 0.251 e. The quantitative estimate of drug-likeness (QED) is 0.847. The molecule has 0 aliphatic heterocycles. The van der Waals surface area contributed by atoms with Gasteiger partial charge in [0.05, 0.1) is 11.7 Å². The molecule has 1 aromatic carbocycles. The lowest BCUT2D eigenvalue weighted by atomic mass is 9.99. The Morgan fingerprint density at radius 1 is 1.12 bits per heavy atom. The van der Waals surface area contributed by atoms with Crippen LogP contribution in [0, 0.1) is 11.8 Å². The van der Waals surface area contributed by atoms with Crippen LogP contribution < -0.4 is 10.6 Å². The molecule has 1 aliphatic rings. The number of hydrogen-bond donors (Lipinski definition) is 2. The summed E-state index contributed by atoms with van der Waals surface area (Å²) in [4.78, 5) is 28.9. The Balaban J connectivity index is 1.72. The van der Waals surface area contributed by atoms with Crippen LogP contribution in [0.4, 0.5) is 5.69 Å². The maximum absolute atomic E-state index is 12.7. The lowest BCUT2D eigenvalue weighted by molar-refractivity contribution is -0.117. The number of rotatable bonds is 6. The summed E-state index contributed by atoms with van der Waals surface area (Å²) < 4.78 is 0. The second kappa shape index (κ2) is 7.47. The van der Waals surface area contributed by atoms with E-state index in [4.69, 9.17) is 0 Å². The highest BCUT2D eigenvalue weighted by atomic mass is 16.2. The molecule has 3 rings (SSSR count). The van der Waals surface area contributed by atoms with Gasteiger partial charge in [0.15, 0.2) is 0 Å². The SMILES string of the molecule is CC(C)C(NC(=O)c1cccc(NC(=O)C2CC2)c1)c1ccccn1. The number of carbonyl (C=O) groups excluding carboxylic acids is 2. The molecule has 2 aromatic rings. The van der Waals surface area contributed by atoms with Crippen molar-refractivity contribution in [2.75, 3.05) is 5.32 Å². The first-order chi connectivity index (χ1) is 12.0. The Morgan fingerprint density at radius 2 is 1.92 bits per heavy atom. The molecule has 0 radical (unpaired) electrons. The molecule has 1 aromatic heterocycles. The molecular weight excluding hydrogens is 314 g/mol. The van der Waals surface area contributed by atoms with E-state index in [9.17, 15) is 9.59 Å². The van der Waals surface area contributed by atoms with Crippen LogP contribution in [0.5, 0.6) is 0 Å². The van der Waals surface area contributed by atoms with Gasteiger partial charge in [0.25, 0.3) is 5.91 Å². The molecular formula is C20H23N3O2. The van der Waals surface area contributed by atoms with Crippen LogP contribution >= 0.6 is 0 Å². The van der Waals surface area contributed by atoms with E-state index in [1.807, 2.05) is 32.0 Å². The summed E-state index contributed by atoms with van der Waals surface area (Å²) >= 11 is 0. The monoisotopic (exact) mass is 337 g/mol. The van der Waals surface area contributed by atoms with E-state index in [-0.39, 0.29) is 29.7 Å². The summed E-state index contributed by atoms with van der Waals surface area (Å²) in [7, 11) is 0. The Morgan fingerprint density at radius 3 is 2.56 bits per heavy atom. The van der Waals surface area contributed by atoms with Gasteiger partial charge in [-0.15, -0.1) is 0 Å². The van der Waals surface area contributed by atoms with Gasteiger partial charge in [0.1, 0.15) is 0 Å². The van der Waals surface area contributed by atoms with E-state index < -0.39 is 0 Å². The minimum Gasteiger partial charge on any atom is -0.343 e. The van der Waals surface area contributed by atoms with Crippen LogP contribution in [0.25, 0.3) is 0 Å². The predicted octanol–water partition coefficient (Wildman–Crippen LogP) is 3.56. The van der Waals surface area contributed by atoms with Crippen LogP contribution in [0.15, 0.2) is 48.7 Å². The summed E-state index contributed by atoms with van der Waals surface area (Å²) in [6.45, 7) is 4.10. The molecule has 5 heteroatoms. The molecule has 1 saturated carbocycles. The van der Waals surface area contributed by atoms with Crippen molar-refractivity contribution >= 4 is 17.5 Å². The second-order valence-electron chi connectivity index (χ2n) is 6.79. The molecule has 0 spiro atoms. The van der Waals surface area contributed by atoms with Gasteiger partial charge in [-0.3, -0.25) is 14.6 Å². The van der Waals surface area contributed by atoms with Gasteiger partial charge in [-0.1, -0.05) is 26.0 Å². The largest absolute Gasteiger partial charge is 0.343 e. The van der Waals surface area contributed by atoms with E-state index in [1.54, 1.807) is 30.5 Å². The lowest BCUT2D eigenvalue weighted by Gasteiger charge is -2.22. The fourth-order valence-corrected chi connectivity index (χ4v) is 2.69. The van der Waals surface area contributed by atoms with E-state index >= 15 is 0 Å². The molecule has 0 saturated heterocycles. The standard InChI is InChI=1S/C20H23N3O2/c1-13(2)18(17-8-3-4-11-21-17)23-20(25)15-6-5-7-16(12-15)22-19(24)14-9-10-14/h3-8,11-14,18H,9-10H2,1-2H3,(H,22,24)(H,23,25). The van der Waals surface area contributed by atoms with Gasteiger partial charge < -0.3 is 10.6 Å². The number of anilines is 1. The van der Waals surface area contributed by atoms with Crippen molar-refractivity contribution in [2.24, 2.45) is 11.8 Å².